The summed E-state index contributed by atoms with van der Waals surface area (Å²) < 4.78 is 0. The SMILES string of the molecule is CCc1ccc(Nc2nc3c(s2)CCCC3C(=O)O)cc1. The smallest absolute Gasteiger partial charge is 0.312 e. The Morgan fingerprint density at radius 2 is 2.19 bits per heavy atom. The molecule has 0 aliphatic heterocycles. The average molecular weight is 302 g/mol. The number of benzene rings is 1. The first-order valence-electron chi connectivity index (χ1n) is 7.25. The molecule has 1 aromatic carbocycles. The molecule has 2 aromatic rings. The van der Waals surface area contributed by atoms with Gasteiger partial charge in [0.15, 0.2) is 5.13 Å². The van der Waals surface area contributed by atoms with E-state index in [4.69, 9.17) is 0 Å². The molecule has 1 unspecified atom stereocenters. The van der Waals surface area contributed by atoms with Gasteiger partial charge in [-0.15, -0.1) is 11.3 Å². The monoisotopic (exact) mass is 302 g/mol. The van der Waals surface area contributed by atoms with Gasteiger partial charge in [0.1, 0.15) is 5.92 Å². The van der Waals surface area contributed by atoms with Crippen LogP contribution in [0.3, 0.4) is 0 Å². The van der Waals surface area contributed by atoms with Crippen molar-refractivity contribution in [3.63, 3.8) is 0 Å². The summed E-state index contributed by atoms with van der Waals surface area (Å²) in [6.07, 6.45) is 3.58. The second kappa shape index (κ2) is 5.85. The van der Waals surface area contributed by atoms with Crippen molar-refractivity contribution in [3.8, 4) is 0 Å². The summed E-state index contributed by atoms with van der Waals surface area (Å²) in [5, 5.41) is 13.4. The molecule has 1 atom stereocenters. The van der Waals surface area contributed by atoms with Crippen LogP contribution in [0.15, 0.2) is 24.3 Å². The fraction of sp³-hybridized carbons (Fsp3) is 0.375. The highest BCUT2D eigenvalue weighted by molar-refractivity contribution is 7.15. The first kappa shape index (κ1) is 14.1. The zero-order valence-electron chi connectivity index (χ0n) is 11.9. The zero-order chi connectivity index (χ0) is 14.8. The maximum absolute atomic E-state index is 11.3. The van der Waals surface area contributed by atoms with Gasteiger partial charge in [-0.1, -0.05) is 19.1 Å². The Kier molecular flexibility index (Phi) is 3.92. The van der Waals surface area contributed by atoms with Crippen LogP contribution >= 0.6 is 11.3 Å². The third-order valence-corrected chi connectivity index (χ3v) is 4.91. The summed E-state index contributed by atoms with van der Waals surface area (Å²) in [7, 11) is 0. The third-order valence-electron chi connectivity index (χ3n) is 3.87. The van der Waals surface area contributed by atoms with Crippen molar-refractivity contribution in [2.24, 2.45) is 0 Å². The lowest BCUT2D eigenvalue weighted by molar-refractivity contribution is -0.139. The molecule has 3 rings (SSSR count). The number of rotatable bonds is 4. The first-order chi connectivity index (χ1) is 10.2. The lowest BCUT2D eigenvalue weighted by Gasteiger charge is -2.16. The van der Waals surface area contributed by atoms with Gasteiger partial charge in [-0.25, -0.2) is 4.98 Å². The zero-order valence-corrected chi connectivity index (χ0v) is 12.7. The number of aryl methyl sites for hydroxylation is 2. The van der Waals surface area contributed by atoms with E-state index in [0.717, 1.165) is 40.7 Å². The van der Waals surface area contributed by atoms with Gasteiger partial charge < -0.3 is 10.4 Å². The number of carboxylic acid groups (broad SMARTS) is 1. The third kappa shape index (κ3) is 2.93. The van der Waals surface area contributed by atoms with Crippen molar-refractivity contribution in [1.82, 2.24) is 4.98 Å². The van der Waals surface area contributed by atoms with Crippen LogP contribution in [0, 0.1) is 0 Å². The summed E-state index contributed by atoms with van der Waals surface area (Å²) in [6, 6.07) is 8.26. The fourth-order valence-corrected chi connectivity index (χ4v) is 3.74. The van der Waals surface area contributed by atoms with Gasteiger partial charge in [0.2, 0.25) is 0 Å². The highest BCUT2D eigenvalue weighted by atomic mass is 32.1. The minimum atomic E-state index is -0.764. The predicted octanol–water partition coefficient (Wildman–Crippen LogP) is 3.95. The maximum atomic E-state index is 11.3. The number of nitrogens with one attached hydrogen (secondary N) is 1. The number of hydrogen-bond acceptors (Lipinski definition) is 4. The number of nitrogens with zero attached hydrogens (tertiary/aromatic N) is 1. The molecular formula is C16H18N2O2S. The van der Waals surface area contributed by atoms with Crippen molar-refractivity contribution in [1.29, 1.82) is 0 Å². The molecule has 2 N–H and O–H groups in total. The number of fused-ring (bicyclic) bond motifs is 1. The number of aromatic nitrogens is 1. The molecule has 0 spiro atoms. The summed E-state index contributed by atoms with van der Waals surface area (Å²) >= 11 is 1.58. The highest BCUT2D eigenvalue weighted by Crippen LogP contribution is 2.37. The van der Waals surface area contributed by atoms with Crippen molar-refractivity contribution >= 4 is 28.1 Å². The van der Waals surface area contributed by atoms with Gasteiger partial charge in [0.05, 0.1) is 5.69 Å². The number of aliphatic carboxylic acids is 1. The van der Waals surface area contributed by atoms with Gasteiger partial charge >= 0.3 is 5.97 Å². The van der Waals surface area contributed by atoms with Crippen LogP contribution in [-0.4, -0.2) is 16.1 Å². The molecule has 21 heavy (non-hydrogen) atoms. The minimum absolute atomic E-state index is 0.442. The van der Waals surface area contributed by atoms with Crippen LogP contribution in [-0.2, 0) is 17.6 Å². The number of anilines is 2. The van der Waals surface area contributed by atoms with Gasteiger partial charge in [0.25, 0.3) is 0 Å². The molecule has 0 radical (unpaired) electrons. The number of hydrogen-bond donors (Lipinski definition) is 2. The van der Waals surface area contributed by atoms with E-state index in [0.29, 0.717) is 6.42 Å². The van der Waals surface area contributed by atoms with E-state index in [-0.39, 0.29) is 0 Å². The van der Waals surface area contributed by atoms with Crippen LogP contribution in [0.25, 0.3) is 0 Å². The topological polar surface area (TPSA) is 62.2 Å². The van der Waals surface area contributed by atoms with E-state index in [9.17, 15) is 9.90 Å². The quantitative estimate of drug-likeness (QED) is 0.897. The van der Waals surface area contributed by atoms with Crippen LogP contribution < -0.4 is 5.32 Å². The van der Waals surface area contributed by atoms with Crippen molar-refractivity contribution in [2.75, 3.05) is 5.32 Å². The first-order valence-corrected chi connectivity index (χ1v) is 8.07. The Hall–Kier alpha value is -1.88. The highest BCUT2D eigenvalue weighted by Gasteiger charge is 2.29. The summed E-state index contributed by atoms with van der Waals surface area (Å²) in [5.74, 6) is -1.21. The predicted molar refractivity (Wildman–Crippen MR) is 84.5 cm³/mol. The van der Waals surface area contributed by atoms with E-state index in [1.54, 1.807) is 11.3 Å². The van der Waals surface area contributed by atoms with Crippen molar-refractivity contribution in [2.45, 2.75) is 38.5 Å². The Labute approximate surface area is 127 Å². The standard InChI is InChI=1S/C16H18N2O2S/c1-2-10-6-8-11(9-7-10)17-16-18-14-12(15(19)20)4-3-5-13(14)21-16/h6-9,12H,2-5H2,1H3,(H,17,18)(H,19,20). The van der Waals surface area contributed by atoms with Crippen molar-refractivity contribution < 1.29 is 9.90 Å². The molecule has 0 saturated heterocycles. The van der Waals surface area contributed by atoms with Crippen LogP contribution in [0.4, 0.5) is 10.8 Å². The fourth-order valence-electron chi connectivity index (χ4n) is 2.66. The second-order valence-electron chi connectivity index (χ2n) is 5.29. The second-order valence-corrected chi connectivity index (χ2v) is 6.37. The largest absolute Gasteiger partial charge is 0.481 e. The molecule has 1 aromatic heterocycles. The Morgan fingerprint density at radius 1 is 1.43 bits per heavy atom. The molecule has 1 aliphatic carbocycles. The van der Waals surface area contributed by atoms with E-state index in [1.807, 2.05) is 12.1 Å². The average Bonchev–Trinajstić information content (AvgIpc) is 2.89. The minimum Gasteiger partial charge on any atom is -0.481 e. The van der Waals surface area contributed by atoms with Gasteiger partial charge in [-0.2, -0.15) is 0 Å². The summed E-state index contributed by atoms with van der Waals surface area (Å²) in [5.41, 5.74) is 3.04. The lowest BCUT2D eigenvalue weighted by Crippen LogP contribution is -2.17. The van der Waals surface area contributed by atoms with Crippen LogP contribution in [0.5, 0.6) is 0 Å². The van der Waals surface area contributed by atoms with Gasteiger partial charge in [-0.05, 0) is 43.4 Å². The number of carbonyl (C=O) groups is 1. The van der Waals surface area contributed by atoms with Gasteiger partial charge in [0, 0.05) is 10.6 Å². The number of thiazole rings is 1. The van der Waals surface area contributed by atoms with Gasteiger partial charge in [-0.3, -0.25) is 4.79 Å². The molecule has 0 amide bonds. The summed E-state index contributed by atoms with van der Waals surface area (Å²) in [4.78, 5) is 16.9. The van der Waals surface area contributed by atoms with E-state index in [1.165, 1.54) is 5.56 Å². The lowest BCUT2D eigenvalue weighted by atomic mass is 9.91. The molecule has 5 heteroatoms. The van der Waals surface area contributed by atoms with E-state index in [2.05, 4.69) is 29.4 Å². The maximum Gasteiger partial charge on any atom is 0.312 e. The Morgan fingerprint density at radius 3 is 2.86 bits per heavy atom. The molecule has 4 nitrogen and oxygen atoms in total. The summed E-state index contributed by atoms with van der Waals surface area (Å²) in [6.45, 7) is 2.13. The Balaban J connectivity index is 1.82. The number of carboxylic acids is 1. The molecule has 0 saturated carbocycles. The molecule has 0 bridgehead atoms. The molecule has 0 fully saturated rings. The molecular weight excluding hydrogens is 284 g/mol. The molecule has 110 valence electrons. The van der Waals surface area contributed by atoms with Crippen molar-refractivity contribution in [3.05, 3.63) is 40.4 Å². The van der Waals surface area contributed by atoms with E-state index < -0.39 is 11.9 Å². The molecule has 1 aliphatic rings. The molecule has 1 heterocycles. The normalized spacial score (nSPS) is 17.3. The Bertz CT molecular complexity index is 649. The van der Waals surface area contributed by atoms with Crippen LogP contribution in [0.2, 0.25) is 0 Å². The van der Waals surface area contributed by atoms with Crippen LogP contribution in [0.1, 0.15) is 41.8 Å². The van der Waals surface area contributed by atoms with E-state index >= 15 is 0 Å².